The molecule has 0 saturated heterocycles. The number of hydrogen-bond acceptors (Lipinski definition) is 4. The molecule has 3 rings (SSSR count). The number of carbonyl (C=O) groups is 1. The highest BCUT2D eigenvalue weighted by Gasteiger charge is 2.27. The van der Waals surface area contributed by atoms with Crippen molar-refractivity contribution in [1.82, 2.24) is 4.98 Å². The molecule has 1 amide bonds. The largest absolute Gasteiger partial charge is 0.484 e. The maximum Gasteiger partial charge on any atom is 0.264 e. The van der Waals surface area contributed by atoms with Gasteiger partial charge in [-0.1, -0.05) is 81.7 Å². The molecule has 2 aromatic carbocycles. The summed E-state index contributed by atoms with van der Waals surface area (Å²) in [5.41, 5.74) is 3.55. The molecule has 1 N–H and O–H groups in total. The molecule has 6 heteroatoms. The average molecular weight is 530 g/mol. The van der Waals surface area contributed by atoms with Gasteiger partial charge in [-0.2, -0.15) is 0 Å². The van der Waals surface area contributed by atoms with Gasteiger partial charge in [0.1, 0.15) is 5.75 Å². The van der Waals surface area contributed by atoms with E-state index in [9.17, 15) is 4.79 Å². The highest BCUT2D eigenvalue weighted by Crippen LogP contribution is 2.37. The van der Waals surface area contributed by atoms with E-state index < -0.39 is 0 Å². The van der Waals surface area contributed by atoms with E-state index >= 15 is 0 Å². The van der Waals surface area contributed by atoms with Gasteiger partial charge in [-0.3, -0.25) is 10.1 Å². The fourth-order valence-electron chi connectivity index (χ4n) is 4.21. The van der Waals surface area contributed by atoms with Crippen LogP contribution in [0.25, 0.3) is 11.3 Å². The number of benzene rings is 2. The van der Waals surface area contributed by atoms with Crippen molar-refractivity contribution in [2.75, 3.05) is 11.9 Å². The molecule has 0 spiro atoms. The Bertz CT molecular complexity index is 1080. The Hall–Kier alpha value is -2.18. The molecule has 1 heterocycles. The van der Waals surface area contributed by atoms with Crippen LogP contribution in [0, 0.1) is 5.41 Å². The maximum absolute atomic E-state index is 12.5. The lowest BCUT2D eigenvalue weighted by atomic mass is 9.72. The topological polar surface area (TPSA) is 51.2 Å². The molecule has 0 aliphatic carbocycles. The minimum absolute atomic E-state index is 0.0562. The zero-order valence-electron chi connectivity index (χ0n) is 20.3. The summed E-state index contributed by atoms with van der Waals surface area (Å²) in [6.07, 6.45) is 1.94. The molecule has 0 saturated carbocycles. The fourth-order valence-corrected chi connectivity index (χ4v) is 5.42. The zero-order chi connectivity index (χ0) is 24.2. The quantitative estimate of drug-likeness (QED) is 0.323. The van der Waals surface area contributed by atoms with E-state index in [-0.39, 0.29) is 23.3 Å². The highest BCUT2D eigenvalue weighted by atomic mass is 79.9. The molecule has 0 bridgehead atoms. The number of thiazole rings is 1. The van der Waals surface area contributed by atoms with Crippen molar-refractivity contribution in [3.8, 4) is 17.0 Å². The predicted octanol–water partition coefficient (Wildman–Crippen LogP) is 7.87. The molecule has 1 aromatic heterocycles. The van der Waals surface area contributed by atoms with Gasteiger partial charge in [0.05, 0.1) is 5.69 Å². The summed E-state index contributed by atoms with van der Waals surface area (Å²) in [6.45, 7) is 13.4. The van der Waals surface area contributed by atoms with Gasteiger partial charge in [-0.25, -0.2) is 4.98 Å². The van der Waals surface area contributed by atoms with Crippen molar-refractivity contribution in [1.29, 1.82) is 0 Å². The molecule has 176 valence electrons. The lowest BCUT2D eigenvalue weighted by Gasteiger charge is -2.33. The summed E-state index contributed by atoms with van der Waals surface area (Å²) in [4.78, 5) is 18.3. The molecule has 0 unspecified atom stereocenters. The Morgan fingerprint density at radius 3 is 2.24 bits per heavy atom. The van der Waals surface area contributed by atoms with Crippen LogP contribution >= 0.6 is 27.3 Å². The first-order valence-corrected chi connectivity index (χ1v) is 12.9. The Balaban J connectivity index is 1.60. The molecular formula is C27H33BrN2O2S. The number of aromatic nitrogens is 1. The van der Waals surface area contributed by atoms with Gasteiger partial charge in [0.15, 0.2) is 11.7 Å². The Morgan fingerprint density at radius 1 is 1.03 bits per heavy atom. The van der Waals surface area contributed by atoms with E-state index in [2.05, 4.69) is 79.9 Å². The van der Waals surface area contributed by atoms with Crippen LogP contribution in [0.5, 0.6) is 5.75 Å². The van der Waals surface area contributed by atoms with Crippen molar-refractivity contribution < 1.29 is 9.53 Å². The molecule has 0 fully saturated rings. The molecule has 0 aliphatic heterocycles. The third-order valence-corrected chi connectivity index (χ3v) is 7.00. The number of halogens is 1. The first-order valence-electron chi connectivity index (χ1n) is 11.3. The van der Waals surface area contributed by atoms with Crippen LogP contribution in [-0.2, 0) is 16.6 Å². The predicted molar refractivity (Wildman–Crippen MR) is 142 cm³/mol. The number of ether oxygens (including phenoxy) is 1. The third kappa shape index (κ3) is 7.15. The number of nitrogens with zero attached hydrogens (tertiary/aromatic N) is 1. The van der Waals surface area contributed by atoms with Crippen molar-refractivity contribution in [3.05, 3.63) is 63.4 Å². The molecule has 3 aromatic rings. The monoisotopic (exact) mass is 528 g/mol. The fraction of sp³-hybridized carbons (Fsp3) is 0.407. The summed E-state index contributed by atoms with van der Waals surface area (Å²) >= 11 is 4.97. The maximum atomic E-state index is 12.5. The summed E-state index contributed by atoms with van der Waals surface area (Å²) < 4.78 is 6.75. The van der Waals surface area contributed by atoms with E-state index in [1.54, 1.807) is 0 Å². The number of anilines is 1. The summed E-state index contributed by atoms with van der Waals surface area (Å²) in [6, 6.07) is 16.1. The van der Waals surface area contributed by atoms with Crippen LogP contribution in [0.1, 0.15) is 58.4 Å². The number of hydrogen-bond donors (Lipinski definition) is 1. The second kappa shape index (κ2) is 10.4. The van der Waals surface area contributed by atoms with Crippen molar-refractivity contribution in [3.63, 3.8) is 0 Å². The molecule has 4 nitrogen and oxygen atoms in total. The van der Waals surface area contributed by atoms with Crippen molar-refractivity contribution in [2.24, 2.45) is 5.41 Å². The van der Waals surface area contributed by atoms with Crippen LogP contribution in [0.15, 0.2) is 53.0 Å². The van der Waals surface area contributed by atoms with Gasteiger partial charge in [0.25, 0.3) is 5.91 Å². The van der Waals surface area contributed by atoms with E-state index in [4.69, 9.17) is 4.74 Å². The third-order valence-electron chi connectivity index (χ3n) is 5.36. The standard InChI is InChI=1S/C27H33BrN2O2S/c1-7-22-24(18-8-12-20(28)13-9-18)30-25(33-22)29-23(31)16-32-21-14-10-19(11-15-21)27(5,6)17-26(2,3)4/h8-15H,7,16-17H2,1-6H3,(H,29,30,31). The van der Waals surface area contributed by atoms with Crippen LogP contribution in [0.2, 0.25) is 0 Å². The number of aryl methyl sites for hydroxylation is 1. The lowest BCUT2D eigenvalue weighted by molar-refractivity contribution is -0.118. The van der Waals surface area contributed by atoms with Crippen LogP contribution in [0.4, 0.5) is 5.13 Å². The van der Waals surface area contributed by atoms with E-state index in [0.717, 1.165) is 33.4 Å². The molecule has 33 heavy (non-hydrogen) atoms. The van der Waals surface area contributed by atoms with Gasteiger partial charge in [0, 0.05) is 14.9 Å². The Kier molecular flexibility index (Phi) is 8.01. The second-order valence-electron chi connectivity index (χ2n) is 10.1. The molecule has 0 aliphatic rings. The number of carbonyl (C=O) groups excluding carboxylic acids is 1. The number of nitrogens with one attached hydrogen (secondary N) is 1. The van der Waals surface area contributed by atoms with Crippen LogP contribution < -0.4 is 10.1 Å². The van der Waals surface area contributed by atoms with Gasteiger partial charge in [-0.05, 0) is 53.5 Å². The molecule has 0 atom stereocenters. The first kappa shape index (κ1) is 25.4. The van der Waals surface area contributed by atoms with Crippen LogP contribution in [0.3, 0.4) is 0 Å². The van der Waals surface area contributed by atoms with Gasteiger partial charge in [0.2, 0.25) is 0 Å². The van der Waals surface area contributed by atoms with E-state index in [1.807, 2.05) is 36.4 Å². The first-order chi connectivity index (χ1) is 15.5. The SMILES string of the molecule is CCc1sc(NC(=O)COc2ccc(C(C)(C)CC(C)(C)C)cc2)nc1-c1ccc(Br)cc1. The minimum atomic E-state index is -0.217. The van der Waals surface area contributed by atoms with Gasteiger partial charge in [-0.15, -0.1) is 11.3 Å². The Labute approximate surface area is 209 Å². The van der Waals surface area contributed by atoms with Crippen molar-refractivity contribution >= 4 is 38.3 Å². The smallest absolute Gasteiger partial charge is 0.264 e. The summed E-state index contributed by atoms with van der Waals surface area (Å²) in [5.74, 6) is 0.468. The van der Waals surface area contributed by atoms with Crippen molar-refractivity contribution in [2.45, 2.75) is 59.8 Å². The second-order valence-corrected chi connectivity index (χ2v) is 12.1. The van der Waals surface area contributed by atoms with Gasteiger partial charge < -0.3 is 4.74 Å². The Morgan fingerprint density at radius 2 is 1.67 bits per heavy atom. The minimum Gasteiger partial charge on any atom is -0.484 e. The lowest BCUT2D eigenvalue weighted by Crippen LogP contribution is -2.24. The molecular weight excluding hydrogens is 496 g/mol. The van der Waals surface area contributed by atoms with E-state index in [1.165, 1.54) is 16.9 Å². The summed E-state index contributed by atoms with van der Waals surface area (Å²) in [7, 11) is 0. The number of rotatable bonds is 8. The zero-order valence-corrected chi connectivity index (χ0v) is 22.7. The average Bonchev–Trinajstić information content (AvgIpc) is 3.14. The highest BCUT2D eigenvalue weighted by molar-refractivity contribution is 9.10. The van der Waals surface area contributed by atoms with Crippen LogP contribution in [-0.4, -0.2) is 17.5 Å². The normalized spacial score (nSPS) is 12.0. The van der Waals surface area contributed by atoms with Gasteiger partial charge >= 0.3 is 0 Å². The molecule has 0 radical (unpaired) electrons. The number of amides is 1. The summed E-state index contributed by atoms with van der Waals surface area (Å²) in [5, 5.41) is 3.48. The van der Waals surface area contributed by atoms with E-state index in [0.29, 0.717) is 10.9 Å².